The predicted molar refractivity (Wildman–Crippen MR) is 77.0 cm³/mol. The zero-order chi connectivity index (χ0) is 13.9. The second kappa shape index (κ2) is 5.34. The van der Waals surface area contributed by atoms with E-state index in [0.29, 0.717) is 23.1 Å². The van der Waals surface area contributed by atoms with Crippen LogP contribution >= 0.6 is 11.3 Å². The van der Waals surface area contributed by atoms with Crippen molar-refractivity contribution in [2.24, 2.45) is 0 Å². The zero-order valence-electron chi connectivity index (χ0n) is 11.0. The maximum atomic E-state index is 5.83. The summed E-state index contributed by atoms with van der Waals surface area (Å²) in [5.74, 6) is 2.45. The summed E-state index contributed by atoms with van der Waals surface area (Å²) >= 11 is 1.55. The number of thiophene rings is 1. The Hall–Kier alpha value is -2.34. The van der Waals surface area contributed by atoms with Gasteiger partial charge >= 0.3 is 0 Å². The Morgan fingerprint density at radius 3 is 2.35 bits per heavy atom. The molecule has 0 bridgehead atoms. The summed E-state index contributed by atoms with van der Waals surface area (Å²) in [6.07, 6.45) is 1.49. The molecule has 0 saturated carbocycles. The van der Waals surface area contributed by atoms with Gasteiger partial charge in [0.25, 0.3) is 0 Å². The van der Waals surface area contributed by atoms with Crippen LogP contribution in [0.3, 0.4) is 0 Å². The molecule has 5 nitrogen and oxygen atoms in total. The molecule has 0 amide bonds. The summed E-state index contributed by atoms with van der Waals surface area (Å²) in [7, 11) is 3.20. The highest BCUT2D eigenvalue weighted by Gasteiger charge is 2.09. The Morgan fingerprint density at radius 2 is 1.65 bits per heavy atom. The minimum Gasteiger partial charge on any atom is -0.496 e. The number of rotatable bonds is 4. The summed E-state index contributed by atoms with van der Waals surface area (Å²) in [6.45, 7) is 0. The average molecular weight is 288 g/mol. The fourth-order valence-corrected chi connectivity index (χ4v) is 2.52. The van der Waals surface area contributed by atoms with Crippen molar-refractivity contribution in [2.45, 2.75) is 0 Å². The minimum absolute atomic E-state index is 0.520. The summed E-state index contributed by atoms with van der Waals surface area (Å²) in [5, 5.41) is 2.84. The topological polar surface area (TPSA) is 53.5 Å². The predicted octanol–water partition coefficient (Wildman–Crippen LogP) is 3.50. The van der Waals surface area contributed by atoms with Gasteiger partial charge in [-0.05, 0) is 11.4 Å². The number of aromatic nitrogens is 2. The van der Waals surface area contributed by atoms with Gasteiger partial charge in [0.15, 0.2) is 0 Å². The largest absolute Gasteiger partial charge is 0.496 e. The number of hydrogen-bond donors (Lipinski definition) is 0. The molecule has 0 unspecified atom stereocenters. The number of hydrogen-bond acceptors (Lipinski definition) is 6. The molecule has 2 heterocycles. The van der Waals surface area contributed by atoms with Gasteiger partial charge in [0.2, 0.25) is 5.88 Å². The van der Waals surface area contributed by atoms with Crippen molar-refractivity contribution in [3.05, 3.63) is 36.0 Å². The lowest BCUT2D eigenvalue weighted by atomic mass is 10.3. The van der Waals surface area contributed by atoms with Crippen LogP contribution in [0.1, 0.15) is 0 Å². The van der Waals surface area contributed by atoms with Crippen LogP contribution in [0.4, 0.5) is 0 Å². The molecule has 0 saturated heterocycles. The van der Waals surface area contributed by atoms with Crippen LogP contribution in [0.5, 0.6) is 23.1 Å². The van der Waals surface area contributed by atoms with Crippen molar-refractivity contribution in [3.8, 4) is 23.1 Å². The summed E-state index contributed by atoms with van der Waals surface area (Å²) in [5.41, 5.74) is 0. The van der Waals surface area contributed by atoms with Crippen molar-refractivity contribution >= 4 is 21.6 Å². The lowest BCUT2D eigenvalue weighted by Gasteiger charge is -2.09. The van der Waals surface area contributed by atoms with Gasteiger partial charge in [0.05, 0.1) is 19.6 Å². The summed E-state index contributed by atoms with van der Waals surface area (Å²) in [6, 6.07) is 7.28. The van der Waals surface area contributed by atoms with Gasteiger partial charge in [-0.2, -0.15) is 0 Å². The number of benzene rings is 1. The van der Waals surface area contributed by atoms with Crippen molar-refractivity contribution in [1.82, 2.24) is 9.97 Å². The first-order chi connectivity index (χ1) is 9.80. The van der Waals surface area contributed by atoms with E-state index in [1.807, 2.05) is 11.4 Å². The highest BCUT2D eigenvalue weighted by molar-refractivity contribution is 7.16. The van der Waals surface area contributed by atoms with E-state index in [0.717, 1.165) is 10.2 Å². The monoisotopic (exact) mass is 288 g/mol. The highest BCUT2D eigenvalue weighted by Crippen LogP contribution is 2.33. The molecule has 0 spiro atoms. The van der Waals surface area contributed by atoms with E-state index in [1.165, 1.54) is 6.33 Å². The standard InChI is InChI=1S/C14H12N2O3S/c1-17-9-5-10(18-2)7-11(6-9)19-13-12-3-4-20-14(12)16-8-15-13/h3-8H,1-2H3. The molecule has 0 atom stereocenters. The van der Waals surface area contributed by atoms with Crippen LogP contribution in [-0.2, 0) is 0 Å². The molecule has 0 aliphatic rings. The van der Waals surface area contributed by atoms with E-state index in [4.69, 9.17) is 14.2 Å². The zero-order valence-corrected chi connectivity index (χ0v) is 11.8. The number of ether oxygens (including phenoxy) is 3. The van der Waals surface area contributed by atoms with Gasteiger partial charge < -0.3 is 14.2 Å². The second-order valence-electron chi connectivity index (χ2n) is 3.97. The third-order valence-electron chi connectivity index (χ3n) is 2.76. The van der Waals surface area contributed by atoms with Crippen LogP contribution < -0.4 is 14.2 Å². The SMILES string of the molecule is COc1cc(OC)cc(Oc2ncnc3sccc23)c1. The van der Waals surface area contributed by atoms with E-state index in [2.05, 4.69) is 9.97 Å². The smallest absolute Gasteiger partial charge is 0.231 e. The van der Waals surface area contributed by atoms with Gasteiger partial charge in [-0.3, -0.25) is 0 Å². The Morgan fingerprint density at radius 1 is 0.950 bits per heavy atom. The van der Waals surface area contributed by atoms with Crippen molar-refractivity contribution in [2.75, 3.05) is 14.2 Å². The molecular formula is C14H12N2O3S. The third kappa shape index (κ3) is 2.37. The number of fused-ring (bicyclic) bond motifs is 1. The van der Waals surface area contributed by atoms with Gasteiger partial charge in [-0.25, -0.2) is 9.97 Å². The second-order valence-corrected chi connectivity index (χ2v) is 4.86. The lowest BCUT2D eigenvalue weighted by molar-refractivity contribution is 0.385. The lowest BCUT2D eigenvalue weighted by Crippen LogP contribution is -1.92. The summed E-state index contributed by atoms with van der Waals surface area (Å²) in [4.78, 5) is 9.26. The summed E-state index contributed by atoms with van der Waals surface area (Å²) < 4.78 is 16.3. The van der Waals surface area contributed by atoms with E-state index < -0.39 is 0 Å². The Labute approximate surface area is 119 Å². The van der Waals surface area contributed by atoms with Crippen LogP contribution in [0.25, 0.3) is 10.2 Å². The molecule has 3 aromatic rings. The van der Waals surface area contributed by atoms with E-state index in [1.54, 1.807) is 43.8 Å². The fourth-order valence-electron chi connectivity index (χ4n) is 1.80. The molecule has 6 heteroatoms. The minimum atomic E-state index is 0.520. The fraction of sp³-hybridized carbons (Fsp3) is 0.143. The van der Waals surface area contributed by atoms with E-state index in [9.17, 15) is 0 Å². The van der Waals surface area contributed by atoms with E-state index >= 15 is 0 Å². The molecule has 20 heavy (non-hydrogen) atoms. The molecule has 0 aliphatic heterocycles. The molecule has 2 aromatic heterocycles. The molecule has 1 aromatic carbocycles. The molecule has 3 rings (SSSR count). The highest BCUT2D eigenvalue weighted by atomic mass is 32.1. The van der Waals surface area contributed by atoms with Gasteiger partial charge in [0, 0.05) is 18.2 Å². The average Bonchev–Trinajstić information content (AvgIpc) is 2.96. The molecule has 0 radical (unpaired) electrons. The number of nitrogens with zero attached hydrogens (tertiary/aromatic N) is 2. The van der Waals surface area contributed by atoms with Gasteiger partial charge in [-0.1, -0.05) is 0 Å². The maximum Gasteiger partial charge on any atom is 0.231 e. The quantitative estimate of drug-likeness (QED) is 0.735. The van der Waals surface area contributed by atoms with E-state index in [-0.39, 0.29) is 0 Å². The van der Waals surface area contributed by atoms with Crippen LogP contribution in [-0.4, -0.2) is 24.2 Å². The molecule has 102 valence electrons. The first-order valence-corrected chi connectivity index (χ1v) is 6.77. The maximum absolute atomic E-state index is 5.83. The first kappa shape index (κ1) is 12.7. The first-order valence-electron chi connectivity index (χ1n) is 5.89. The molecular weight excluding hydrogens is 276 g/mol. The van der Waals surface area contributed by atoms with Crippen molar-refractivity contribution in [3.63, 3.8) is 0 Å². The third-order valence-corrected chi connectivity index (χ3v) is 3.59. The van der Waals surface area contributed by atoms with Gasteiger partial charge in [0.1, 0.15) is 28.4 Å². The van der Waals surface area contributed by atoms with Crippen molar-refractivity contribution in [1.29, 1.82) is 0 Å². The molecule has 0 N–H and O–H groups in total. The Kier molecular flexibility index (Phi) is 3.39. The van der Waals surface area contributed by atoms with Crippen LogP contribution in [0.2, 0.25) is 0 Å². The molecule has 0 aliphatic carbocycles. The molecule has 0 fully saturated rings. The van der Waals surface area contributed by atoms with Crippen LogP contribution in [0, 0.1) is 0 Å². The number of methoxy groups -OCH3 is 2. The Balaban J connectivity index is 2.00. The van der Waals surface area contributed by atoms with Crippen molar-refractivity contribution < 1.29 is 14.2 Å². The normalized spacial score (nSPS) is 10.5. The van der Waals surface area contributed by atoms with Gasteiger partial charge in [-0.15, -0.1) is 11.3 Å². The van der Waals surface area contributed by atoms with Crippen LogP contribution in [0.15, 0.2) is 36.0 Å². The Bertz CT molecular complexity index is 720.